The van der Waals surface area contributed by atoms with Gasteiger partial charge in [-0.25, -0.2) is 13.5 Å². The molecule has 0 fully saturated rings. The number of aryl methyl sites for hydroxylation is 1. The van der Waals surface area contributed by atoms with E-state index in [-0.39, 0.29) is 29.3 Å². The Balaban J connectivity index is 0.00000161. The van der Waals surface area contributed by atoms with Crippen LogP contribution in [0.25, 0.3) is 11.0 Å². The molecule has 0 saturated carbocycles. The van der Waals surface area contributed by atoms with Gasteiger partial charge in [0.15, 0.2) is 17.1 Å². The van der Waals surface area contributed by atoms with Crippen molar-refractivity contribution in [3.05, 3.63) is 29.6 Å². The number of benzene rings is 1. The summed E-state index contributed by atoms with van der Waals surface area (Å²) in [7, 11) is 0. The predicted octanol–water partition coefficient (Wildman–Crippen LogP) is -0.474. The number of Topliss-reactive ketones (excluding diaryl/α,β-unsaturated/α-hetero) is 1. The molecule has 1 aliphatic heterocycles. The van der Waals surface area contributed by atoms with Crippen LogP contribution in [0, 0.1) is 11.6 Å². The van der Waals surface area contributed by atoms with Crippen LogP contribution in [0.1, 0.15) is 32.0 Å². The summed E-state index contributed by atoms with van der Waals surface area (Å²) in [5.74, 6) is -0.707. The average Bonchev–Trinajstić information content (AvgIpc) is 2.57. The second-order valence-electron chi connectivity index (χ2n) is 5.40. The standard InChI is InChI=1S/C15H17F2N2O.BrH/c1-10(20)9-19-12-7-6-11(16)14(17)15(12)18-8-4-2-3-5-13(18)19;/h6-7H,2-5,8-9H2,1H3;1H/q+1;/p-1. The lowest BCUT2D eigenvalue weighted by Crippen LogP contribution is -3.00. The topological polar surface area (TPSA) is 25.9 Å². The smallest absolute Gasteiger partial charge is 0.257 e. The number of halogens is 3. The second kappa shape index (κ2) is 6.22. The van der Waals surface area contributed by atoms with Crippen LogP contribution < -0.4 is 21.5 Å². The third-order valence-corrected chi connectivity index (χ3v) is 3.89. The molecule has 0 saturated heterocycles. The van der Waals surface area contributed by atoms with Gasteiger partial charge in [-0.1, -0.05) is 0 Å². The molecule has 0 atom stereocenters. The van der Waals surface area contributed by atoms with Crippen LogP contribution in [0.2, 0.25) is 0 Å². The molecular formula is C15H17BrF2N2O. The first kappa shape index (κ1) is 16.1. The van der Waals surface area contributed by atoms with Gasteiger partial charge < -0.3 is 17.0 Å². The zero-order valence-electron chi connectivity index (χ0n) is 11.8. The zero-order valence-corrected chi connectivity index (χ0v) is 13.4. The van der Waals surface area contributed by atoms with E-state index >= 15 is 0 Å². The number of carbonyl (C=O) groups excluding carboxylic acids is 1. The number of nitrogens with zero attached hydrogens (tertiary/aromatic N) is 2. The van der Waals surface area contributed by atoms with Gasteiger partial charge >= 0.3 is 0 Å². The predicted molar refractivity (Wildman–Crippen MR) is 70.3 cm³/mol. The molecule has 21 heavy (non-hydrogen) atoms. The van der Waals surface area contributed by atoms with Gasteiger partial charge in [-0.15, -0.1) is 0 Å². The van der Waals surface area contributed by atoms with Crippen molar-refractivity contribution in [2.24, 2.45) is 0 Å². The fourth-order valence-electron chi connectivity index (χ4n) is 3.06. The highest BCUT2D eigenvalue weighted by atomic mass is 79.9. The van der Waals surface area contributed by atoms with Crippen LogP contribution in [0.4, 0.5) is 8.78 Å². The Kier molecular flexibility index (Phi) is 4.76. The Morgan fingerprint density at radius 1 is 1.29 bits per heavy atom. The van der Waals surface area contributed by atoms with Crippen LogP contribution in [0.3, 0.4) is 0 Å². The van der Waals surface area contributed by atoms with Crippen molar-refractivity contribution in [2.45, 2.75) is 45.7 Å². The van der Waals surface area contributed by atoms with E-state index in [9.17, 15) is 13.6 Å². The maximum Gasteiger partial charge on any atom is 0.257 e. The minimum absolute atomic E-state index is 0. The second-order valence-corrected chi connectivity index (χ2v) is 5.40. The number of fused-ring (bicyclic) bond motifs is 3. The van der Waals surface area contributed by atoms with Gasteiger partial charge in [-0.3, -0.25) is 4.79 Å². The van der Waals surface area contributed by atoms with E-state index in [0.717, 1.165) is 37.6 Å². The first-order chi connectivity index (χ1) is 9.59. The number of carbonyl (C=O) groups is 1. The fraction of sp³-hybridized carbons (Fsp3) is 0.467. The molecular weight excluding hydrogens is 342 g/mol. The molecule has 3 rings (SSSR count). The molecule has 0 aliphatic carbocycles. The zero-order chi connectivity index (χ0) is 14.3. The fourth-order valence-corrected chi connectivity index (χ4v) is 3.06. The maximum atomic E-state index is 14.2. The quantitative estimate of drug-likeness (QED) is 0.666. The Hall–Kier alpha value is -1.30. The van der Waals surface area contributed by atoms with E-state index in [1.165, 1.54) is 6.92 Å². The molecule has 1 aromatic heterocycles. The first-order valence-electron chi connectivity index (χ1n) is 6.98. The summed E-state index contributed by atoms with van der Waals surface area (Å²) in [6.45, 7) is 2.40. The summed E-state index contributed by atoms with van der Waals surface area (Å²) < 4.78 is 31.4. The van der Waals surface area contributed by atoms with E-state index in [4.69, 9.17) is 0 Å². The van der Waals surface area contributed by atoms with Crippen molar-refractivity contribution in [3.63, 3.8) is 0 Å². The van der Waals surface area contributed by atoms with Gasteiger partial charge in [-0.05, 0) is 38.3 Å². The monoisotopic (exact) mass is 358 g/mol. The minimum atomic E-state index is -0.836. The molecule has 0 unspecified atom stereocenters. The molecule has 0 radical (unpaired) electrons. The first-order valence-corrected chi connectivity index (χ1v) is 6.98. The summed E-state index contributed by atoms with van der Waals surface area (Å²) in [5, 5.41) is 0. The van der Waals surface area contributed by atoms with Crippen molar-refractivity contribution in [3.8, 4) is 0 Å². The normalized spacial score (nSPS) is 14.4. The Bertz CT molecular complexity index is 697. The largest absolute Gasteiger partial charge is 1.00 e. The maximum absolute atomic E-state index is 14.2. The molecule has 0 spiro atoms. The Morgan fingerprint density at radius 2 is 2.05 bits per heavy atom. The highest BCUT2D eigenvalue weighted by molar-refractivity contribution is 5.79. The lowest BCUT2D eigenvalue weighted by molar-refractivity contribution is -0.679. The molecule has 1 aliphatic rings. The number of aromatic nitrogens is 2. The Labute approximate surface area is 132 Å². The van der Waals surface area contributed by atoms with Gasteiger partial charge in [0.1, 0.15) is 6.54 Å². The van der Waals surface area contributed by atoms with Crippen molar-refractivity contribution in [2.75, 3.05) is 0 Å². The highest BCUT2D eigenvalue weighted by Gasteiger charge is 2.30. The van der Waals surface area contributed by atoms with E-state index in [1.54, 1.807) is 6.07 Å². The van der Waals surface area contributed by atoms with E-state index < -0.39 is 11.6 Å². The van der Waals surface area contributed by atoms with Crippen LogP contribution in [-0.2, 0) is 24.3 Å². The summed E-state index contributed by atoms with van der Waals surface area (Å²) in [4.78, 5) is 11.5. The molecule has 0 amide bonds. The van der Waals surface area contributed by atoms with Gasteiger partial charge in [0.2, 0.25) is 11.3 Å². The summed E-state index contributed by atoms with van der Waals surface area (Å²) in [6, 6.07) is 2.70. The summed E-state index contributed by atoms with van der Waals surface area (Å²) in [6.07, 6.45) is 3.83. The van der Waals surface area contributed by atoms with Crippen molar-refractivity contribution in [1.82, 2.24) is 4.57 Å². The van der Waals surface area contributed by atoms with Gasteiger partial charge in [0.25, 0.3) is 5.82 Å². The molecule has 3 nitrogen and oxygen atoms in total. The summed E-state index contributed by atoms with van der Waals surface area (Å²) in [5.41, 5.74) is 0.902. The van der Waals surface area contributed by atoms with Crippen LogP contribution in [0.5, 0.6) is 0 Å². The lowest BCUT2D eigenvalue weighted by Gasteiger charge is -1.99. The molecule has 1 aromatic carbocycles. The number of hydrogen-bond acceptors (Lipinski definition) is 1. The van der Waals surface area contributed by atoms with Crippen molar-refractivity contribution < 1.29 is 35.1 Å². The number of rotatable bonds is 2. The minimum Gasteiger partial charge on any atom is -1.00 e. The third kappa shape index (κ3) is 2.73. The molecule has 6 heteroatoms. The van der Waals surface area contributed by atoms with Crippen molar-refractivity contribution >= 4 is 16.8 Å². The van der Waals surface area contributed by atoms with Crippen LogP contribution >= 0.6 is 0 Å². The van der Waals surface area contributed by atoms with Crippen molar-refractivity contribution in [1.29, 1.82) is 0 Å². The van der Waals surface area contributed by atoms with Gasteiger partial charge in [0.05, 0.1) is 6.54 Å². The van der Waals surface area contributed by atoms with Crippen LogP contribution in [-0.4, -0.2) is 10.4 Å². The van der Waals surface area contributed by atoms with Gasteiger partial charge in [-0.2, -0.15) is 4.39 Å². The van der Waals surface area contributed by atoms with E-state index in [1.807, 2.05) is 9.13 Å². The van der Waals surface area contributed by atoms with Gasteiger partial charge in [0, 0.05) is 6.42 Å². The number of ketones is 1. The highest BCUT2D eigenvalue weighted by Crippen LogP contribution is 2.23. The van der Waals surface area contributed by atoms with E-state index in [0.29, 0.717) is 17.6 Å². The number of hydrogen-bond donors (Lipinski definition) is 0. The molecule has 114 valence electrons. The molecule has 0 bridgehead atoms. The van der Waals surface area contributed by atoms with Crippen LogP contribution in [0.15, 0.2) is 12.1 Å². The average molecular weight is 359 g/mol. The SMILES string of the molecule is CC(=O)Cn1c2[n+](c3c(F)c(F)ccc31)CCCCC2.[Br-]. The third-order valence-electron chi connectivity index (χ3n) is 3.89. The molecule has 2 aromatic rings. The lowest BCUT2D eigenvalue weighted by atomic mass is 10.2. The molecule has 2 heterocycles. The number of imidazole rings is 1. The Morgan fingerprint density at radius 3 is 2.76 bits per heavy atom. The van der Waals surface area contributed by atoms with E-state index in [2.05, 4.69) is 0 Å². The summed E-state index contributed by atoms with van der Waals surface area (Å²) >= 11 is 0. The molecule has 0 N–H and O–H groups in total.